The van der Waals surface area contributed by atoms with Crippen molar-refractivity contribution in [2.45, 2.75) is 50.3 Å². The highest BCUT2D eigenvalue weighted by Crippen LogP contribution is 2.27. The first-order valence-corrected chi connectivity index (χ1v) is 11.6. The van der Waals surface area contributed by atoms with Gasteiger partial charge in [0.15, 0.2) is 11.2 Å². The molecule has 1 saturated heterocycles. The van der Waals surface area contributed by atoms with Crippen LogP contribution in [0.5, 0.6) is 0 Å². The van der Waals surface area contributed by atoms with Crippen molar-refractivity contribution in [1.29, 1.82) is 0 Å². The fourth-order valence-corrected chi connectivity index (χ4v) is 4.79. The van der Waals surface area contributed by atoms with E-state index in [-0.39, 0.29) is 11.9 Å². The summed E-state index contributed by atoms with van der Waals surface area (Å²) in [5, 5.41) is 4.13. The van der Waals surface area contributed by atoms with Crippen molar-refractivity contribution in [3.63, 3.8) is 0 Å². The van der Waals surface area contributed by atoms with Crippen LogP contribution in [-0.4, -0.2) is 59.2 Å². The first kappa shape index (κ1) is 21.4. The molecule has 5 rings (SSSR count). The Balaban J connectivity index is 1.20. The van der Waals surface area contributed by atoms with Crippen LogP contribution in [-0.2, 0) is 4.74 Å². The topological polar surface area (TPSA) is 80.5 Å². The monoisotopic (exact) mass is 454 g/mol. The van der Waals surface area contributed by atoms with E-state index in [9.17, 15) is 4.79 Å². The number of hydrogen-bond donors (Lipinski definition) is 1. The highest BCUT2D eigenvalue weighted by molar-refractivity contribution is 6.30. The first-order valence-electron chi connectivity index (χ1n) is 11.2. The Bertz CT molecular complexity index is 1090. The summed E-state index contributed by atoms with van der Waals surface area (Å²) in [7, 11) is 1.90. The normalized spacial score (nSPS) is 23.1. The molecule has 1 aliphatic heterocycles. The Morgan fingerprint density at radius 2 is 2.09 bits per heavy atom. The fourth-order valence-electron chi connectivity index (χ4n) is 4.64. The third-order valence-corrected chi connectivity index (χ3v) is 6.73. The average molecular weight is 455 g/mol. The number of amides is 1. The molecule has 0 radical (unpaired) electrons. The lowest BCUT2D eigenvalue weighted by atomic mass is 10.1. The Hall–Kier alpha value is -2.48. The number of ether oxygens (including phenoxy) is 1. The Kier molecular flexibility index (Phi) is 6.13. The number of halogens is 1. The molecule has 3 aromatic rings. The fraction of sp³-hybridized carbons (Fsp3) is 0.458. The van der Waals surface area contributed by atoms with Crippen LogP contribution < -0.4 is 5.32 Å². The van der Waals surface area contributed by atoms with Gasteiger partial charge in [0.25, 0.3) is 5.91 Å². The average Bonchev–Trinajstić information content (AvgIpc) is 3.57. The summed E-state index contributed by atoms with van der Waals surface area (Å²) in [5.74, 6) is 0.491. The molecule has 1 aliphatic carbocycles. The number of carbonyl (C=O) groups is 1. The summed E-state index contributed by atoms with van der Waals surface area (Å²) in [6.45, 7) is 1.79. The van der Waals surface area contributed by atoms with Gasteiger partial charge in [0, 0.05) is 55.7 Å². The zero-order chi connectivity index (χ0) is 22.1. The van der Waals surface area contributed by atoms with Gasteiger partial charge in [-0.15, -0.1) is 0 Å². The van der Waals surface area contributed by atoms with Crippen LogP contribution in [0.2, 0.25) is 5.02 Å². The van der Waals surface area contributed by atoms with Crippen LogP contribution in [0.25, 0.3) is 22.7 Å². The smallest absolute Gasteiger partial charge is 0.253 e. The second-order valence-electron chi connectivity index (χ2n) is 8.69. The van der Waals surface area contributed by atoms with Crippen molar-refractivity contribution in [3.8, 4) is 11.5 Å². The van der Waals surface area contributed by atoms with Gasteiger partial charge in [-0.05, 0) is 56.4 Å². The summed E-state index contributed by atoms with van der Waals surface area (Å²) >= 11 is 5.97. The quantitative estimate of drug-likeness (QED) is 0.598. The van der Waals surface area contributed by atoms with Crippen molar-refractivity contribution in [2.24, 2.45) is 0 Å². The van der Waals surface area contributed by atoms with E-state index >= 15 is 0 Å². The highest BCUT2D eigenvalue weighted by Gasteiger charge is 2.30. The van der Waals surface area contributed by atoms with Gasteiger partial charge in [0.05, 0.1) is 11.1 Å². The molecule has 2 fully saturated rings. The van der Waals surface area contributed by atoms with Gasteiger partial charge in [0.1, 0.15) is 0 Å². The van der Waals surface area contributed by atoms with E-state index in [1.807, 2.05) is 36.2 Å². The number of rotatable bonds is 6. The van der Waals surface area contributed by atoms with Crippen LogP contribution >= 0.6 is 11.6 Å². The zero-order valence-corrected chi connectivity index (χ0v) is 18.8. The molecule has 7 nitrogen and oxygen atoms in total. The predicted molar refractivity (Wildman–Crippen MR) is 123 cm³/mol. The van der Waals surface area contributed by atoms with Crippen LogP contribution in [0, 0.1) is 0 Å². The zero-order valence-electron chi connectivity index (χ0n) is 18.1. The molecule has 0 bridgehead atoms. The molecular weight excluding hydrogens is 428 g/mol. The minimum Gasteiger partial charge on any atom is -0.434 e. The molecule has 3 atom stereocenters. The van der Waals surface area contributed by atoms with E-state index in [4.69, 9.17) is 20.8 Å². The second-order valence-corrected chi connectivity index (χ2v) is 9.13. The number of oxazole rings is 1. The lowest BCUT2D eigenvalue weighted by Gasteiger charge is -2.25. The van der Waals surface area contributed by atoms with Crippen LogP contribution in [0.4, 0.5) is 0 Å². The van der Waals surface area contributed by atoms with Crippen molar-refractivity contribution in [3.05, 3.63) is 47.1 Å². The summed E-state index contributed by atoms with van der Waals surface area (Å²) in [4.78, 5) is 23.5. The SMILES string of the molecule is CN(C(=O)c1ccc(-c2nc3ncc(Cl)cc3o2)cc1)[C@@H]1CC[C@H](NCC2CCCO2)C1. The Labute approximate surface area is 192 Å². The van der Waals surface area contributed by atoms with E-state index < -0.39 is 0 Å². The molecule has 1 amide bonds. The van der Waals surface area contributed by atoms with Gasteiger partial charge in [-0.25, -0.2) is 4.98 Å². The minimum atomic E-state index is 0.0346. The molecular formula is C24H27ClN4O3. The summed E-state index contributed by atoms with van der Waals surface area (Å²) in [6.07, 6.45) is 7.27. The Morgan fingerprint density at radius 3 is 2.88 bits per heavy atom. The number of benzene rings is 1. The molecule has 1 aromatic carbocycles. The minimum absolute atomic E-state index is 0.0346. The van der Waals surface area contributed by atoms with Crippen molar-refractivity contribution >= 4 is 28.7 Å². The maximum Gasteiger partial charge on any atom is 0.253 e. The van der Waals surface area contributed by atoms with E-state index in [0.29, 0.717) is 39.9 Å². The third-order valence-electron chi connectivity index (χ3n) is 6.52. The van der Waals surface area contributed by atoms with E-state index in [1.54, 1.807) is 12.3 Å². The number of aromatic nitrogens is 2. The number of fused-ring (bicyclic) bond motifs is 1. The molecule has 0 spiro atoms. The van der Waals surface area contributed by atoms with Gasteiger partial charge >= 0.3 is 0 Å². The lowest BCUT2D eigenvalue weighted by molar-refractivity contribution is 0.0731. The maximum absolute atomic E-state index is 13.1. The number of carbonyl (C=O) groups excluding carboxylic acids is 1. The number of hydrogen-bond acceptors (Lipinski definition) is 6. The molecule has 168 valence electrons. The molecule has 2 aliphatic rings. The first-order chi connectivity index (χ1) is 15.6. The van der Waals surface area contributed by atoms with Crippen LogP contribution in [0.15, 0.2) is 40.9 Å². The van der Waals surface area contributed by atoms with Gasteiger partial charge < -0.3 is 19.4 Å². The Morgan fingerprint density at radius 1 is 1.25 bits per heavy atom. The number of pyridine rings is 1. The third kappa shape index (κ3) is 4.51. The van der Waals surface area contributed by atoms with Gasteiger partial charge in [-0.2, -0.15) is 4.98 Å². The molecule has 8 heteroatoms. The second kappa shape index (κ2) is 9.17. The van der Waals surface area contributed by atoms with Crippen molar-refractivity contribution in [2.75, 3.05) is 20.2 Å². The predicted octanol–water partition coefficient (Wildman–Crippen LogP) is 4.30. The molecule has 3 heterocycles. The van der Waals surface area contributed by atoms with E-state index in [0.717, 1.165) is 50.8 Å². The molecule has 2 aromatic heterocycles. The van der Waals surface area contributed by atoms with Crippen molar-refractivity contribution in [1.82, 2.24) is 20.2 Å². The van der Waals surface area contributed by atoms with Gasteiger partial charge in [-0.1, -0.05) is 11.6 Å². The van der Waals surface area contributed by atoms with Gasteiger partial charge in [-0.3, -0.25) is 4.79 Å². The standard InChI is InChI=1S/C24H27ClN4O3/c1-29(19-9-8-18(12-19)26-14-20-3-2-10-31-20)24(30)16-6-4-15(5-7-16)23-28-22-21(32-23)11-17(25)13-27-22/h4-7,11,13,18-20,26H,2-3,8-10,12,14H2,1H3/t18-,19+,20?/m0/s1. The molecule has 1 N–H and O–H groups in total. The molecule has 1 saturated carbocycles. The lowest BCUT2D eigenvalue weighted by Crippen LogP contribution is -2.38. The van der Waals surface area contributed by atoms with Crippen molar-refractivity contribution < 1.29 is 13.9 Å². The summed E-state index contributed by atoms with van der Waals surface area (Å²) in [6, 6.07) is 9.75. The van der Waals surface area contributed by atoms with Crippen LogP contribution in [0.3, 0.4) is 0 Å². The van der Waals surface area contributed by atoms with Gasteiger partial charge in [0.2, 0.25) is 5.89 Å². The number of nitrogens with one attached hydrogen (secondary N) is 1. The van der Waals surface area contributed by atoms with E-state index in [2.05, 4.69) is 15.3 Å². The largest absolute Gasteiger partial charge is 0.434 e. The number of nitrogens with zero attached hydrogens (tertiary/aromatic N) is 3. The van der Waals surface area contributed by atoms with Crippen LogP contribution in [0.1, 0.15) is 42.5 Å². The molecule has 1 unspecified atom stereocenters. The maximum atomic E-state index is 13.1. The molecule has 32 heavy (non-hydrogen) atoms. The van der Waals surface area contributed by atoms with E-state index in [1.165, 1.54) is 0 Å². The summed E-state index contributed by atoms with van der Waals surface area (Å²) < 4.78 is 11.5. The highest BCUT2D eigenvalue weighted by atomic mass is 35.5. The summed E-state index contributed by atoms with van der Waals surface area (Å²) in [5.41, 5.74) is 2.49.